The number of sulfonamides is 1. The first-order valence-corrected chi connectivity index (χ1v) is 10.5. The third-order valence-corrected chi connectivity index (χ3v) is 7.59. The lowest BCUT2D eigenvalue weighted by Gasteiger charge is -2.25. The molecule has 6 nitrogen and oxygen atoms in total. The highest BCUT2D eigenvalue weighted by Crippen LogP contribution is 2.27. The van der Waals surface area contributed by atoms with Gasteiger partial charge in [0.15, 0.2) is 0 Å². The topological polar surface area (TPSA) is 79.4 Å². The van der Waals surface area contributed by atoms with Gasteiger partial charge in [-0.25, -0.2) is 8.42 Å². The van der Waals surface area contributed by atoms with Crippen LogP contribution in [0.1, 0.15) is 40.2 Å². The largest absolute Gasteiger partial charge is 0.347 e. The van der Waals surface area contributed by atoms with E-state index in [1.807, 2.05) is 6.92 Å². The van der Waals surface area contributed by atoms with E-state index in [2.05, 4.69) is 10.3 Å². The second-order valence-electron chi connectivity index (χ2n) is 6.06. The fourth-order valence-electron chi connectivity index (χ4n) is 2.70. The Balaban J connectivity index is 1.63. The number of aromatic nitrogens is 1. The van der Waals surface area contributed by atoms with E-state index in [4.69, 9.17) is 0 Å². The van der Waals surface area contributed by atoms with Crippen molar-refractivity contribution in [2.45, 2.75) is 36.9 Å². The van der Waals surface area contributed by atoms with E-state index in [0.717, 1.165) is 29.8 Å². The Morgan fingerprint density at radius 2 is 1.96 bits per heavy atom. The first-order valence-electron chi connectivity index (χ1n) is 8.26. The van der Waals surface area contributed by atoms with E-state index in [9.17, 15) is 13.2 Å². The molecule has 8 heteroatoms. The van der Waals surface area contributed by atoms with E-state index in [-0.39, 0.29) is 5.91 Å². The molecular formula is C17H21N3O3S2. The molecule has 3 rings (SSSR count). The van der Waals surface area contributed by atoms with Gasteiger partial charge in [-0.05, 0) is 44.0 Å². The molecule has 0 radical (unpaired) electrons. The van der Waals surface area contributed by atoms with Crippen LogP contribution in [-0.4, -0.2) is 36.7 Å². The average Bonchev–Trinajstić information content (AvgIpc) is 3.11. The third kappa shape index (κ3) is 4.26. The van der Waals surface area contributed by atoms with E-state index in [1.54, 1.807) is 28.6 Å². The van der Waals surface area contributed by atoms with Gasteiger partial charge in [0.2, 0.25) is 0 Å². The predicted molar refractivity (Wildman–Crippen MR) is 97.1 cm³/mol. The van der Waals surface area contributed by atoms with Crippen molar-refractivity contribution in [3.8, 4) is 0 Å². The summed E-state index contributed by atoms with van der Waals surface area (Å²) in [7, 11) is -3.41. The number of piperidine rings is 1. The van der Waals surface area contributed by atoms with Crippen molar-refractivity contribution < 1.29 is 13.2 Å². The van der Waals surface area contributed by atoms with Crippen LogP contribution < -0.4 is 5.32 Å². The van der Waals surface area contributed by atoms with Crippen molar-refractivity contribution in [2.24, 2.45) is 0 Å². The molecule has 0 aliphatic carbocycles. The molecule has 1 fully saturated rings. The van der Waals surface area contributed by atoms with Crippen molar-refractivity contribution in [1.82, 2.24) is 14.6 Å². The molecule has 134 valence electrons. The van der Waals surface area contributed by atoms with Gasteiger partial charge in [-0.2, -0.15) is 4.31 Å². The van der Waals surface area contributed by atoms with Gasteiger partial charge in [-0.1, -0.05) is 6.42 Å². The number of hydrogen-bond acceptors (Lipinski definition) is 5. The molecular weight excluding hydrogens is 358 g/mol. The minimum atomic E-state index is -3.41. The molecule has 0 unspecified atom stereocenters. The van der Waals surface area contributed by atoms with Crippen molar-refractivity contribution >= 4 is 27.3 Å². The average molecular weight is 380 g/mol. The van der Waals surface area contributed by atoms with Crippen LogP contribution in [0.3, 0.4) is 0 Å². The molecule has 0 spiro atoms. The van der Waals surface area contributed by atoms with Crippen molar-refractivity contribution in [2.75, 3.05) is 13.1 Å². The number of pyridine rings is 1. The van der Waals surface area contributed by atoms with Crippen LogP contribution in [0.2, 0.25) is 0 Å². The number of hydrogen-bond donors (Lipinski definition) is 1. The summed E-state index contributed by atoms with van der Waals surface area (Å²) >= 11 is 1.21. The molecule has 3 heterocycles. The minimum Gasteiger partial charge on any atom is -0.347 e. The molecule has 1 aliphatic rings. The smallest absolute Gasteiger partial charge is 0.253 e. The number of nitrogens with one attached hydrogen (secondary N) is 1. The van der Waals surface area contributed by atoms with Crippen LogP contribution in [0.4, 0.5) is 0 Å². The monoisotopic (exact) mass is 379 g/mol. The number of carbonyl (C=O) groups is 1. The summed E-state index contributed by atoms with van der Waals surface area (Å²) in [4.78, 5) is 17.0. The number of amides is 1. The molecule has 0 aromatic carbocycles. The van der Waals surface area contributed by atoms with Crippen LogP contribution >= 0.6 is 11.3 Å². The normalized spacial score (nSPS) is 15.9. The minimum absolute atomic E-state index is 0.221. The van der Waals surface area contributed by atoms with Crippen LogP contribution in [-0.2, 0) is 16.6 Å². The van der Waals surface area contributed by atoms with Gasteiger partial charge in [-0.15, -0.1) is 11.3 Å². The quantitative estimate of drug-likeness (QED) is 0.866. The highest BCUT2D eigenvalue weighted by molar-refractivity contribution is 7.91. The van der Waals surface area contributed by atoms with Gasteiger partial charge in [0.1, 0.15) is 4.21 Å². The molecule has 25 heavy (non-hydrogen) atoms. The van der Waals surface area contributed by atoms with Crippen molar-refractivity contribution in [3.63, 3.8) is 0 Å². The van der Waals surface area contributed by atoms with E-state index >= 15 is 0 Å². The molecule has 1 N–H and O–H groups in total. The Hall–Kier alpha value is -1.77. The number of thiophene rings is 1. The van der Waals surface area contributed by atoms with Crippen LogP contribution in [0.15, 0.2) is 34.7 Å². The highest BCUT2D eigenvalue weighted by Gasteiger charge is 2.27. The van der Waals surface area contributed by atoms with Crippen LogP contribution in [0, 0.1) is 6.92 Å². The summed E-state index contributed by atoms with van der Waals surface area (Å²) in [6.45, 7) is 3.34. The first kappa shape index (κ1) is 18.0. The first-order chi connectivity index (χ1) is 12.0. The van der Waals surface area contributed by atoms with Gasteiger partial charge in [0.05, 0.1) is 12.1 Å². The van der Waals surface area contributed by atoms with Crippen LogP contribution in [0.25, 0.3) is 0 Å². The molecule has 0 bridgehead atoms. The van der Waals surface area contributed by atoms with Gasteiger partial charge in [0, 0.05) is 29.9 Å². The lowest BCUT2D eigenvalue weighted by Crippen LogP contribution is -2.35. The Bertz CT molecular complexity index is 838. The second kappa shape index (κ2) is 7.63. The standard InChI is InChI=1S/C17H21N3O3S2/c1-13-5-6-14(11-18-13)17(21)19-12-15-7-8-16(24-15)25(22,23)20-9-3-2-4-10-20/h5-8,11H,2-4,9-10,12H2,1H3,(H,19,21). The fraction of sp³-hybridized carbons (Fsp3) is 0.412. The Labute approximate surface area is 151 Å². The van der Waals surface area contributed by atoms with Gasteiger partial charge < -0.3 is 5.32 Å². The number of nitrogens with zero attached hydrogens (tertiary/aromatic N) is 2. The molecule has 0 saturated carbocycles. The summed E-state index contributed by atoms with van der Waals surface area (Å²) in [5.41, 5.74) is 1.34. The molecule has 2 aromatic rings. The molecule has 1 amide bonds. The Morgan fingerprint density at radius 3 is 2.64 bits per heavy atom. The third-order valence-electron chi connectivity index (χ3n) is 4.14. The van der Waals surface area contributed by atoms with E-state index in [0.29, 0.717) is 29.4 Å². The Morgan fingerprint density at radius 1 is 1.20 bits per heavy atom. The second-order valence-corrected chi connectivity index (χ2v) is 9.39. The summed E-state index contributed by atoms with van der Waals surface area (Å²) in [6.07, 6.45) is 4.45. The summed E-state index contributed by atoms with van der Waals surface area (Å²) in [5, 5.41) is 2.80. The lowest BCUT2D eigenvalue weighted by atomic mass is 10.2. The summed E-state index contributed by atoms with van der Waals surface area (Å²) < 4.78 is 27.2. The van der Waals surface area contributed by atoms with E-state index < -0.39 is 10.0 Å². The van der Waals surface area contributed by atoms with Gasteiger partial charge in [-0.3, -0.25) is 9.78 Å². The molecule has 2 aromatic heterocycles. The van der Waals surface area contributed by atoms with Gasteiger partial charge >= 0.3 is 0 Å². The maximum atomic E-state index is 12.6. The molecule has 0 atom stereocenters. The summed E-state index contributed by atoms with van der Waals surface area (Å²) in [6, 6.07) is 6.89. The Kier molecular flexibility index (Phi) is 5.51. The lowest BCUT2D eigenvalue weighted by molar-refractivity contribution is 0.0951. The highest BCUT2D eigenvalue weighted by atomic mass is 32.2. The molecule has 1 saturated heterocycles. The van der Waals surface area contributed by atoms with E-state index in [1.165, 1.54) is 17.5 Å². The SMILES string of the molecule is Cc1ccc(C(=O)NCc2ccc(S(=O)(=O)N3CCCCC3)s2)cn1. The number of carbonyl (C=O) groups excluding carboxylic acids is 1. The maximum absolute atomic E-state index is 12.6. The predicted octanol–water partition coefficient (Wildman–Crippen LogP) is 2.56. The molecule has 1 aliphatic heterocycles. The zero-order valence-corrected chi connectivity index (χ0v) is 15.7. The number of aryl methyl sites for hydroxylation is 1. The zero-order valence-electron chi connectivity index (χ0n) is 14.1. The zero-order chi connectivity index (χ0) is 17.9. The number of rotatable bonds is 5. The van der Waals surface area contributed by atoms with Crippen LogP contribution in [0.5, 0.6) is 0 Å². The van der Waals surface area contributed by atoms with Gasteiger partial charge in [0.25, 0.3) is 15.9 Å². The fourth-order valence-corrected chi connectivity index (χ4v) is 5.66. The summed E-state index contributed by atoms with van der Waals surface area (Å²) in [5.74, 6) is -0.221. The van der Waals surface area contributed by atoms with Crippen molar-refractivity contribution in [3.05, 3.63) is 46.6 Å². The van der Waals surface area contributed by atoms with Crippen molar-refractivity contribution in [1.29, 1.82) is 0 Å². The maximum Gasteiger partial charge on any atom is 0.253 e.